The highest BCUT2D eigenvalue weighted by Crippen LogP contribution is 2.42. The maximum absolute atomic E-state index is 13.6. The lowest BCUT2D eigenvalue weighted by molar-refractivity contribution is -0.129. The maximum atomic E-state index is 13.6. The molecule has 35 heavy (non-hydrogen) atoms. The van der Waals surface area contributed by atoms with Crippen molar-refractivity contribution < 1.29 is 13.9 Å². The molecule has 2 fully saturated rings. The molecule has 3 aromatic carbocycles. The fraction of sp³-hybridized carbons (Fsp3) is 0.296. The second-order valence-electron chi connectivity index (χ2n) is 9.05. The minimum absolute atomic E-state index is 0.00688. The molecule has 5 rings (SSSR count). The Morgan fingerprint density at radius 3 is 2.37 bits per heavy atom. The Morgan fingerprint density at radius 2 is 1.69 bits per heavy atom. The van der Waals surface area contributed by atoms with E-state index in [1.165, 1.54) is 12.1 Å². The van der Waals surface area contributed by atoms with Crippen LogP contribution in [0.25, 0.3) is 0 Å². The standard InChI is InChI=1S/C27H28ClFN4O2/c1-35-21-12-6-17(7-13-21)23-14-22(27(34)30-15-16-2-8-19(28)9-3-16)24-25(32-33-26(24)31-23)18-4-10-20(29)11-5-18/h2-13,22-26,31-33H,14-15H2,1H3,(H,30,34). The van der Waals surface area contributed by atoms with Crippen molar-refractivity contribution in [1.29, 1.82) is 0 Å². The zero-order chi connectivity index (χ0) is 24.4. The van der Waals surface area contributed by atoms with Gasteiger partial charge in [-0.2, -0.15) is 0 Å². The van der Waals surface area contributed by atoms with E-state index in [1.807, 2.05) is 48.5 Å². The van der Waals surface area contributed by atoms with Crippen LogP contribution in [0.15, 0.2) is 72.8 Å². The molecule has 5 unspecified atom stereocenters. The summed E-state index contributed by atoms with van der Waals surface area (Å²) in [5, 5.41) is 7.45. The molecule has 2 aliphatic heterocycles. The summed E-state index contributed by atoms with van der Waals surface area (Å²) in [7, 11) is 1.64. The molecule has 2 saturated heterocycles. The predicted octanol–water partition coefficient (Wildman–Crippen LogP) is 4.25. The molecule has 2 aliphatic rings. The normalized spacial score (nSPS) is 25.6. The number of hydrogen-bond acceptors (Lipinski definition) is 5. The van der Waals surface area contributed by atoms with Gasteiger partial charge in [0.05, 0.1) is 19.3 Å². The number of fused-ring (bicyclic) bond motifs is 1. The third-order valence-electron chi connectivity index (χ3n) is 6.96. The van der Waals surface area contributed by atoms with E-state index < -0.39 is 0 Å². The first-order valence-electron chi connectivity index (χ1n) is 11.7. The molecule has 5 atom stereocenters. The number of halogens is 2. The van der Waals surface area contributed by atoms with Gasteiger partial charge in [0.15, 0.2) is 0 Å². The smallest absolute Gasteiger partial charge is 0.223 e. The minimum Gasteiger partial charge on any atom is -0.497 e. The Morgan fingerprint density at radius 1 is 1.00 bits per heavy atom. The monoisotopic (exact) mass is 494 g/mol. The number of hydrogen-bond donors (Lipinski definition) is 4. The summed E-state index contributed by atoms with van der Waals surface area (Å²) in [6.07, 6.45) is 0.484. The quantitative estimate of drug-likeness (QED) is 0.412. The average molecular weight is 495 g/mol. The van der Waals surface area contributed by atoms with Crippen LogP contribution in [-0.2, 0) is 11.3 Å². The third kappa shape index (κ3) is 5.18. The topological polar surface area (TPSA) is 74.4 Å². The number of ether oxygens (including phenoxy) is 1. The lowest BCUT2D eigenvalue weighted by Gasteiger charge is -2.40. The fourth-order valence-corrected chi connectivity index (χ4v) is 5.25. The van der Waals surface area contributed by atoms with Gasteiger partial charge in [0, 0.05) is 29.4 Å². The molecule has 6 nitrogen and oxygen atoms in total. The van der Waals surface area contributed by atoms with E-state index in [-0.39, 0.29) is 41.8 Å². The zero-order valence-electron chi connectivity index (χ0n) is 19.3. The Bertz CT molecular complexity index is 1160. The van der Waals surface area contributed by atoms with Gasteiger partial charge in [0.1, 0.15) is 11.6 Å². The number of amides is 1. The predicted molar refractivity (Wildman–Crippen MR) is 133 cm³/mol. The van der Waals surface area contributed by atoms with Crippen LogP contribution < -0.4 is 26.2 Å². The largest absolute Gasteiger partial charge is 0.497 e. The number of hydrazine groups is 1. The van der Waals surface area contributed by atoms with E-state index in [0.717, 1.165) is 22.4 Å². The van der Waals surface area contributed by atoms with Crippen molar-refractivity contribution in [2.45, 2.75) is 31.2 Å². The molecule has 4 N–H and O–H groups in total. The first kappa shape index (κ1) is 23.8. The van der Waals surface area contributed by atoms with E-state index in [0.29, 0.717) is 18.0 Å². The molecular weight excluding hydrogens is 467 g/mol. The number of nitrogens with one attached hydrogen (secondary N) is 4. The lowest BCUT2D eigenvalue weighted by atomic mass is 9.74. The van der Waals surface area contributed by atoms with Gasteiger partial charge in [-0.15, -0.1) is 0 Å². The number of piperidine rings is 1. The van der Waals surface area contributed by atoms with Gasteiger partial charge in [-0.25, -0.2) is 15.2 Å². The van der Waals surface area contributed by atoms with E-state index in [9.17, 15) is 9.18 Å². The molecular formula is C27H28ClFN4O2. The van der Waals surface area contributed by atoms with Crippen LogP contribution in [0.5, 0.6) is 5.75 Å². The van der Waals surface area contributed by atoms with Crippen LogP contribution in [-0.4, -0.2) is 19.2 Å². The summed E-state index contributed by atoms with van der Waals surface area (Å²) in [6, 6.07) is 21.7. The summed E-state index contributed by atoms with van der Waals surface area (Å²) >= 11 is 5.99. The Labute approximate surface area is 209 Å². The molecule has 0 aliphatic carbocycles. The third-order valence-corrected chi connectivity index (χ3v) is 7.22. The molecule has 8 heteroatoms. The maximum Gasteiger partial charge on any atom is 0.223 e. The van der Waals surface area contributed by atoms with Crippen LogP contribution in [0.2, 0.25) is 5.02 Å². The number of rotatable bonds is 6. The Kier molecular flexibility index (Phi) is 7.02. The molecule has 3 aromatic rings. The highest BCUT2D eigenvalue weighted by atomic mass is 35.5. The second kappa shape index (κ2) is 10.3. The molecule has 0 saturated carbocycles. The van der Waals surface area contributed by atoms with Gasteiger partial charge < -0.3 is 10.1 Å². The molecule has 0 bridgehead atoms. The highest BCUT2D eigenvalue weighted by molar-refractivity contribution is 6.30. The average Bonchev–Trinajstić information content (AvgIpc) is 3.32. The zero-order valence-corrected chi connectivity index (χ0v) is 20.1. The van der Waals surface area contributed by atoms with Gasteiger partial charge in [-0.1, -0.05) is 48.0 Å². The summed E-state index contributed by atoms with van der Waals surface area (Å²) in [5.41, 5.74) is 9.68. The van der Waals surface area contributed by atoms with Crippen LogP contribution in [0, 0.1) is 17.7 Å². The molecule has 0 radical (unpaired) electrons. The fourth-order valence-electron chi connectivity index (χ4n) is 5.13. The summed E-state index contributed by atoms with van der Waals surface area (Å²) in [5.74, 6) is 0.150. The van der Waals surface area contributed by atoms with E-state index >= 15 is 0 Å². The molecule has 0 spiro atoms. The van der Waals surface area contributed by atoms with Crippen molar-refractivity contribution >= 4 is 17.5 Å². The molecule has 0 aromatic heterocycles. The van der Waals surface area contributed by atoms with Crippen molar-refractivity contribution in [2.24, 2.45) is 11.8 Å². The first-order chi connectivity index (χ1) is 17.0. The van der Waals surface area contributed by atoms with Gasteiger partial charge >= 0.3 is 0 Å². The van der Waals surface area contributed by atoms with Gasteiger partial charge in [0.2, 0.25) is 5.91 Å². The van der Waals surface area contributed by atoms with Crippen LogP contribution in [0.1, 0.15) is 35.2 Å². The molecule has 2 heterocycles. The highest BCUT2D eigenvalue weighted by Gasteiger charge is 2.49. The van der Waals surface area contributed by atoms with Crippen LogP contribution >= 0.6 is 11.6 Å². The second-order valence-corrected chi connectivity index (χ2v) is 9.49. The summed E-state index contributed by atoms with van der Waals surface area (Å²) in [6.45, 7) is 0.423. The van der Waals surface area contributed by atoms with E-state index in [1.54, 1.807) is 19.2 Å². The van der Waals surface area contributed by atoms with Crippen molar-refractivity contribution in [3.05, 3.63) is 100 Å². The first-order valence-corrected chi connectivity index (χ1v) is 12.1. The van der Waals surface area contributed by atoms with Crippen molar-refractivity contribution in [1.82, 2.24) is 21.5 Å². The lowest BCUT2D eigenvalue weighted by Crippen LogP contribution is -2.54. The van der Waals surface area contributed by atoms with Gasteiger partial charge in [-0.05, 0) is 59.5 Å². The van der Waals surface area contributed by atoms with Gasteiger partial charge in [-0.3, -0.25) is 10.1 Å². The van der Waals surface area contributed by atoms with Crippen molar-refractivity contribution in [3.8, 4) is 5.75 Å². The summed E-state index contributed by atoms with van der Waals surface area (Å²) < 4.78 is 18.9. The van der Waals surface area contributed by atoms with Gasteiger partial charge in [0.25, 0.3) is 0 Å². The van der Waals surface area contributed by atoms with E-state index in [2.05, 4.69) is 21.5 Å². The van der Waals surface area contributed by atoms with Crippen molar-refractivity contribution in [2.75, 3.05) is 7.11 Å². The Hall–Kier alpha value is -2.97. The van der Waals surface area contributed by atoms with Crippen LogP contribution in [0.3, 0.4) is 0 Å². The number of carbonyl (C=O) groups excluding carboxylic acids is 1. The number of benzene rings is 3. The number of methoxy groups -OCH3 is 1. The summed E-state index contributed by atoms with van der Waals surface area (Å²) in [4.78, 5) is 13.6. The molecule has 182 valence electrons. The minimum atomic E-state index is -0.283. The number of carbonyl (C=O) groups is 1. The molecule has 1 amide bonds. The SMILES string of the molecule is COc1ccc(C2CC(C(=O)NCc3ccc(Cl)cc3)C3C(NNC3c3ccc(F)cc3)N2)cc1. The van der Waals surface area contributed by atoms with Crippen LogP contribution in [0.4, 0.5) is 4.39 Å². The van der Waals surface area contributed by atoms with E-state index in [4.69, 9.17) is 16.3 Å². The Balaban J connectivity index is 1.40. The van der Waals surface area contributed by atoms with Crippen molar-refractivity contribution in [3.63, 3.8) is 0 Å².